The van der Waals surface area contributed by atoms with E-state index in [1.807, 2.05) is 6.92 Å². The Balaban J connectivity index is 2.61. The first-order valence-electron chi connectivity index (χ1n) is 7.59. The molecule has 0 unspecified atom stereocenters. The van der Waals surface area contributed by atoms with Gasteiger partial charge in [-0.15, -0.1) is 0 Å². The van der Waals surface area contributed by atoms with E-state index in [0.717, 1.165) is 25.7 Å². The molecule has 21 heavy (non-hydrogen) atoms. The average molecular weight is 317 g/mol. The summed E-state index contributed by atoms with van der Waals surface area (Å²) in [6, 6.07) is -0.234. The lowest BCUT2D eigenvalue weighted by atomic mass is 10.3. The highest BCUT2D eigenvalue weighted by Gasteiger charge is 2.23. The molecule has 0 bridgehead atoms. The van der Waals surface area contributed by atoms with Gasteiger partial charge in [-0.1, -0.05) is 26.7 Å². The Morgan fingerprint density at radius 3 is 2.33 bits per heavy atom. The first kappa shape index (κ1) is 18.1. The molecule has 0 radical (unpaired) electrons. The number of nitrogens with one attached hydrogen (secondary N) is 1. The van der Waals surface area contributed by atoms with Crippen molar-refractivity contribution >= 4 is 10.2 Å². The summed E-state index contributed by atoms with van der Waals surface area (Å²) in [6.07, 6.45) is 6.73. The van der Waals surface area contributed by atoms with Crippen LogP contribution in [0.2, 0.25) is 0 Å². The van der Waals surface area contributed by atoms with Crippen LogP contribution >= 0.6 is 0 Å². The van der Waals surface area contributed by atoms with Crippen molar-refractivity contribution in [3.8, 4) is 0 Å². The monoisotopic (exact) mass is 317 g/mol. The predicted octanol–water partition coefficient (Wildman–Crippen LogP) is 1.40. The molecule has 0 aliphatic rings. The molecule has 8 heteroatoms. The summed E-state index contributed by atoms with van der Waals surface area (Å²) in [5.74, 6) is 0. The molecule has 122 valence electrons. The second-order valence-corrected chi connectivity index (χ2v) is 6.95. The smallest absolute Gasteiger partial charge is 0.251 e. The van der Waals surface area contributed by atoms with Crippen LogP contribution in [-0.2, 0) is 16.8 Å². The lowest BCUT2D eigenvalue weighted by Crippen LogP contribution is -2.46. The van der Waals surface area contributed by atoms with Crippen LogP contribution in [0.25, 0.3) is 0 Å². The molecule has 0 amide bonds. The van der Waals surface area contributed by atoms with Crippen LogP contribution in [0.15, 0.2) is 12.7 Å². The minimum absolute atomic E-state index is 0.234. The number of unbranched alkanes of at least 4 members (excludes halogenated alkanes) is 2. The summed E-state index contributed by atoms with van der Waals surface area (Å²) in [5, 5.41) is 3.99. The van der Waals surface area contributed by atoms with E-state index < -0.39 is 10.2 Å². The van der Waals surface area contributed by atoms with Gasteiger partial charge < -0.3 is 0 Å². The SMILES string of the molecule is CCCCN(CCCC)S(=O)(=O)N[C@@H](C)Cn1cncn1. The minimum Gasteiger partial charge on any atom is -0.251 e. The molecule has 0 fully saturated rings. The van der Waals surface area contributed by atoms with Gasteiger partial charge in [0.15, 0.2) is 0 Å². The highest BCUT2D eigenvalue weighted by molar-refractivity contribution is 7.87. The van der Waals surface area contributed by atoms with Gasteiger partial charge in [0.2, 0.25) is 0 Å². The molecule has 0 aliphatic heterocycles. The van der Waals surface area contributed by atoms with Crippen molar-refractivity contribution in [1.29, 1.82) is 0 Å². The van der Waals surface area contributed by atoms with E-state index in [0.29, 0.717) is 19.6 Å². The van der Waals surface area contributed by atoms with Gasteiger partial charge >= 0.3 is 0 Å². The van der Waals surface area contributed by atoms with Crippen molar-refractivity contribution in [1.82, 2.24) is 23.8 Å². The van der Waals surface area contributed by atoms with Crippen molar-refractivity contribution in [3.63, 3.8) is 0 Å². The molecule has 1 heterocycles. The van der Waals surface area contributed by atoms with Crippen molar-refractivity contribution in [2.24, 2.45) is 0 Å². The van der Waals surface area contributed by atoms with Gasteiger partial charge in [0.25, 0.3) is 10.2 Å². The summed E-state index contributed by atoms with van der Waals surface area (Å²) in [4.78, 5) is 3.85. The van der Waals surface area contributed by atoms with Gasteiger partial charge in [-0.25, -0.2) is 4.98 Å². The zero-order valence-corrected chi connectivity index (χ0v) is 14.0. The summed E-state index contributed by atoms with van der Waals surface area (Å²) in [6.45, 7) is 7.56. The first-order chi connectivity index (χ1) is 9.99. The van der Waals surface area contributed by atoms with Crippen molar-refractivity contribution in [2.45, 2.75) is 59.0 Å². The Morgan fingerprint density at radius 1 is 1.24 bits per heavy atom. The summed E-state index contributed by atoms with van der Waals surface area (Å²) < 4.78 is 30.8. The van der Waals surface area contributed by atoms with Crippen LogP contribution in [-0.4, -0.2) is 46.6 Å². The third kappa shape index (κ3) is 6.54. The quantitative estimate of drug-likeness (QED) is 0.669. The third-order valence-corrected chi connectivity index (χ3v) is 4.88. The summed E-state index contributed by atoms with van der Waals surface area (Å²) in [5.41, 5.74) is 0. The Hall–Kier alpha value is -0.990. The van der Waals surface area contributed by atoms with Gasteiger partial charge in [0.1, 0.15) is 12.7 Å². The van der Waals surface area contributed by atoms with Crippen molar-refractivity contribution < 1.29 is 8.42 Å². The number of nitrogens with zero attached hydrogens (tertiary/aromatic N) is 4. The standard InChI is InChI=1S/C13H27N5O2S/c1-4-6-8-18(9-7-5-2)21(19,20)16-13(3)10-17-12-14-11-15-17/h11-13,16H,4-10H2,1-3H3/t13-/m0/s1. The summed E-state index contributed by atoms with van der Waals surface area (Å²) >= 11 is 0. The zero-order chi connectivity index (χ0) is 15.7. The second kappa shape index (κ2) is 9.11. The van der Waals surface area contributed by atoms with Crippen LogP contribution in [0.3, 0.4) is 0 Å². The Kier molecular flexibility index (Phi) is 7.84. The van der Waals surface area contributed by atoms with Gasteiger partial charge in [-0.3, -0.25) is 4.68 Å². The van der Waals surface area contributed by atoms with E-state index in [-0.39, 0.29) is 6.04 Å². The van der Waals surface area contributed by atoms with E-state index >= 15 is 0 Å². The molecule has 1 aromatic rings. The van der Waals surface area contributed by atoms with E-state index in [1.165, 1.54) is 6.33 Å². The molecular formula is C13H27N5O2S. The first-order valence-corrected chi connectivity index (χ1v) is 9.03. The number of aromatic nitrogens is 3. The van der Waals surface area contributed by atoms with Crippen molar-refractivity contribution in [2.75, 3.05) is 13.1 Å². The van der Waals surface area contributed by atoms with Gasteiger partial charge in [-0.2, -0.15) is 22.5 Å². The molecule has 1 atom stereocenters. The predicted molar refractivity (Wildman–Crippen MR) is 82.9 cm³/mol. The van der Waals surface area contributed by atoms with E-state index in [4.69, 9.17) is 0 Å². The summed E-state index contributed by atoms with van der Waals surface area (Å²) in [7, 11) is -3.45. The van der Waals surface area contributed by atoms with Crippen LogP contribution in [0, 0.1) is 0 Å². The molecule has 1 aromatic heterocycles. The second-order valence-electron chi connectivity index (χ2n) is 5.25. The molecule has 1 N–H and O–H groups in total. The van der Waals surface area contributed by atoms with E-state index in [1.54, 1.807) is 15.3 Å². The maximum Gasteiger partial charge on any atom is 0.279 e. The molecule has 0 spiro atoms. The molecule has 0 aromatic carbocycles. The normalized spacial score (nSPS) is 13.7. The third-order valence-electron chi connectivity index (χ3n) is 3.14. The largest absolute Gasteiger partial charge is 0.279 e. The van der Waals surface area contributed by atoms with Crippen LogP contribution in [0.4, 0.5) is 0 Å². The molecule has 1 rings (SSSR count). The maximum atomic E-state index is 12.5. The maximum absolute atomic E-state index is 12.5. The van der Waals surface area contributed by atoms with Gasteiger partial charge in [0, 0.05) is 19.1 Å². The molecule has 7 nitrogen and oxygen atoms in total. The van der Waals surface area contributed by atoms with Crippen molar-refractivity contribution in [3.05, 3.63) is 12.7 Å². The minimum atomic E-state index is -3.45. The van der Waals surface area contributed by atoms with E-state index in [2.05, 4.69) is 28.7 Å². The molecule has 0 saturated carbocycles. The Bertz CT molecular complexity index is 467. The van der Waals surface area contributed by atoms with Crippen LogP contribution in [0.5, 0.6) is 0 Å². The zero-order valence-electron chi connectivity index (χ0n) is 13.2. The number of hydrogen-bond acceptors (Lipinski definition) is 4. The fourth-order valence-corrected chi connectivity index (χ4v) is 3.47. The van der Waals surface area contributed by atoms with Gasteiger partial charge in [-0.05, 0) is 19.8 Å². The molecular weight excluding hydrogens is 290 g/mol. The van der Waals surface area contributed by atoms with Gasteiger partial charge in [0.05, 0.1) is 6.54 Å². The Labute approximate surface area is 127 Å². The Morgan fingerprint density at radius 2 is 1.86 bits per heavy atom. The van der Waals surface area contributed by atoms with Crippen LogP contribution in [0.1, 0.15) is 46.5 Å². The number of rotatable bonds is 11. The highest BCUT2D eigenvalue weighted by atomic mass is 32.2. The lowest BCUT2D eigenvalue weighted by Gasteiger charge is -2.24. The van der Waals surface area contributed by atoms with E-state index in [9.17, 15) is 8.42 Å². The number of hydrogen-bond donors (Lipinski definition) is 1. The fourth-order valence-electron chi connectivity index (χ4n) is 1.99. The molecule has 0 aliphatic carbocycles. The lowest BCUT2D eigenvalue weighted by molar-refractivity contribution is 0.379. The van der Waals surface area contributed by atoms with Crippen LogP contribution < -0.4 is 4.72 Å². The molecule has 0 saturated heterocycles. The fraction of sp³-hybridized carbons (Fsp3) is 0.846. The average Bonchev–Trinajstić information content (AvgIpc) is 2.90. The topological polar surface area (TPSA) is 80.1 Å². The highest BCUT2D eigenvalue weighted by Crippen LogP contribution is 2.06.